The van der Waals surface area contributed by atoms with Gasteiger partial charge in [-0.3, -0.25) is 0 Å². The highest BCUT2D eigenvalue weighted by atomic mass is 19.4. The first-order valence-corrected chi connectivity index (χ1v) is 14.1. The minimum Gasteiger partial charge on any atom is -0.476 e. The number of fused-ring (bicyclic) bond motifs is 5. The van der Waals surface area contributed by atoms with E-state index < -0.39 is 12.3 Å². The van der Waals surface area contributed by atoms with Gasteiger partial charge in [-0.15, -0.1) is 18.3 Å². The molecule has 1 N–H and O–H groups in total. The van der Waals surface area contributed by atoms with Gasteiger partial charge < -0.3 is 24.0 Å². The van der Waals surface area contributed by atoms with Crippen LogP contribution in [0.25, 0.3) is 16.9 Å². The molecule has 4 aromatic rings. The van der Waals surface area contributed by atoms with Crippen molar-refractivity contribution < 1.29 is 37.1 Å². The number of carboxylic acids is 1. The Bertz CT molecular complexity index is 1700. The van der Waals surface area contributed by atoms with E-state index in [0.717, 1.165) is 37.9 Å². The summed E-state index contributed by atoms with van der Waals surface area (Å²) in [6.45, 7) is 0.182. The van der Waals surface area contributed by atoms with E-state index in [1.165, 1.54) is 22.8 Å². The smallest absolute Gasteiger partial charge is 0.476 e. The lowest BCUT2D eigenvalue weighted by Crippen LogP contribution is -2.42. The number of halogens is 3. The SMILES string of the molecule is O=C(O)c1cnc2ccc(N3C4CCC3C3C(C4)[C@@H]3OCc3c(-c4ccccc4OC(F)(F)F)noc3C3CC3)nn12. The average Bonchev–Trinajstić information content (AvgIpc) is 3.78. The number of alkyl halides is 3. The predicted octanol–water partition coefficient (Wildman–Crippen LogP) is 5.43. The minimum absolute atomic E-state index is 0.00849. The molecule has 3 aromatic heterocycles. The molecule has 0 amide bonds. The van der Waals surface area contributed by atoms with Crippen molar-refractivity contribution in [1.82, 2.24) is 19.8 Å². The minimum atomic E-state index is -4.84. The summed E-state index contributed by atoms with van der Waals surface area (Å²) in [7, 11) is 0. The fraction of sp³-hybridized carbons (Fsp3) is 0.448. The number of imidazole rings is 1. The number of benzene rings is 1. The topological polar surface area (TPSA) is 115 Å². The van der Waals surface area contributed by atoms with Gasteiger partial charge in [-0.05, 0) is 62.3 Å². The van der Waals surface area contributed by atoms with E-state index in [-0.39, 0.29) is 53.6 Å². The Morgan fingerprint density at radius 2 is 1.95 bits per heavy atom. The molecule has 0 spiro atoms. The van der Waals surface area contributed by atoms with Crippen LogP contribution in [0.1, 0.15) is 59.8 Å². The Morgan fingerprint density at radius 3 is 2.74 bits per heavy atom. The van der Waals surface area contributed by atoms with Crippen LogP contribution >= 0.6 is 0 Å². The van der Waals surface area contributed by atoms with Gasteiger partial charge in [0.2, 0.25) is 0 Å². The van der Waals surface area contributed by atoms with Gasteiger partial charge in [0, 0.05) is 35.0 Å². The third-order valence-corrected chi connectivity index (χ3v) is 9.08. The van der Waals surface area contributed by atoms with Crippen LogP contribution in [0, 0.1) is 11.8 Å². The maximum atomic E-state index is 13.1. The van der Waals surface area contributed by atoms with Gasteiger partial charge >= 0.3 is 12.3 Å². The summed E-state index contributed by atoms with van der Waals surface area (Å²) in [6.07, 6.45) is 1.27. The van der Waals surface area contributed by atoms with Crippen molar-refractivity contribution in [1.29, 1.82) is 0 Å². The lowest BCUT2D eigenvalue weighted by molar-refractivity contribution is -0.274. The Balaban J connectivity index is 1.04. The lowest BCUT2D eigenvalue weighted by atomic mass is 10.0. The van der Waals surface area contributed by atoms with Crippen LogP contribution in [0.2, 0.25) is 0 Å². The number of para-hydroxylation sites is 1. The Kier molecular flexibility index (Phi) is 5.59. The van der Waals surface area contributed by atoms with E-state index in [1.807, 2.05) is 6.07 Å². The molecule has 4 aliphatic rings. The maximum Gasteiger partial charge on any atom is 0.573 e. The van der Waals surface area contributed by atoms with Crippen molar-refractivity contribution in [3.63, 3.8) is 0 Å². The van der Waals surface area contributed by atoms with E-state index in [2.05, 4.69) is 24.9 Å². The summed E-state index contributed by atoms with van der Waals surface area (Å²) in [6, 6.07) is 10.1. The van der Waals surface area contributed by atoms with Gasteiger partial charge in [0.05, 0.1) is 18.9 Å². The molecule has 0 radical (unpaired) electrons. The molecule has 1 aromatic carbocycles. The molecule has 2 aliphatic carbocycles. The van der Waals surface area contributed by atoms with Crippen molar-refractivity contribution in [3.8, 4) is 17.0 Å². The third kappa shape index (κ3) is 4.20. The molecule has 5 heterocycles. The summed E-state index contributed by atoms with van der Waals surface area (Å²) < 4.78 is 57.2. The highest BCUT2D eigenvalue weighted by Crippen LogP contribution is 2.59. The van der Waals surface area contributed by atoms with Crippen LogP contribution in [0.5, 0.6) is 5.75 Å². The monoisotopic (exact) mass is 581 g/mol. The molecule has 218 valence electrons. The van der Waals surface area contributed by atoms with Crippen LogP contribution in [0.15, 0.2) is 47.1 Å². The molecule has 10 nitrogen and oxygen atoms in total. The van der Waals surface area contributed by atoms with E-state index in [1.54, 1.807) is 18.2 Å². The Morgan fingerprint density at radius 1 is 1.12 bits per heavy atom. The fourth-order valence-corrected chi connectivity index (χ4v) is 7.13. The third-order valence-electron chi connectivity index (χ3n) is 9.08. The Labute approximate surface area is 237 Å². The zero-order valence-corrected chi connectivity index (χ0v) is 22.2. The van der Waals surface area contributed by atoms with Crippen molar-refractivity contribution >= 4 is 17.4 Å². The van der Waals surface area contributed by atoms with E-state index in [0.29, 0.717) is 28.6 Å². The molecule has 4 unspecified atom stereocenters. The second-order valence-corrected chi connectivity index (χ2v) is 11.6. The molecule has 4 fully saturated rings. The number of piperidine rings is 1. The summed E-state index contributed by atoms with van der Waals surface area (Å²) >= 11 is 0. The lowest BCUT2D eigenvalue weighted by Gasteiger charge is -2.35. The maximum absolute atomic E-state index is 13.1. The highest BCUT2D eigenvalue weighted by Gasteiger charge is 2.63. The standard InChI is InChI=1S/C29H26F3N5O5/c30-29(31,32)41-21-4-2-1-3-16(21)25-18(26(42-35-25)14-5-6-14)13-40-27-17-11-15-7-8-19(24(17)27)36(15)23-10-9-22-33-12-20(28(38)39)37(22)34-23/h1-4,9-10,12,14-15,17,19,24,27H,5-8,11,13H2,(H,38,39)/t15?,17?,19?,24?,27-/m0/s1. The van der Waals surface area contributed by atoms with Gasteiger partial charge in [0.15, 0.2) is 11.3 Å². The Hall–Kier alpha value is -4.13. The first-order chi connectivity index (χ1) is 20.3. The molecular weight excluding hydrogens is 555 g/mol. The quantitative estimate of drug-likeness (QED) is 0.291. The van der Waals surface area contributed by atoms with Crippen LogP contribution < -0.4 is 9.64 Å². The molecule has 42 heavy (non-hydrogen) atoms. The van der Waals surface area contributed by atoms with Gasteiger partial charge in [0.25, 0.3) is 0 Å². The predicted molar refractivity (Wildman–Crippen MR) is 140 cm³/mol. The normalized spacial score (nSPS) is 26.5. The highest BCUT2D eigenvalue weighted by molar-refractivity contribution is 5.86. The zero-order chi connectivity index (χ0) is 28.7. The number of nitrogens with zero attached hydrogens (tertiary/aromatic N) is 5. The molecular formula is C29H26F3N5O5. The summed E-state index contributed by atoms with van der Waals surface area (Å²) in [5.41, 5.74) is 1.69. The van der Waals surface area contributed by atoms with Gasteiger partial charge in [-0.2, -0.15) is 0 Å². The summed E-state index contributed by atoms with van der Waals surface area (Å²) in [5, 5.41) is 18.4. The number of rotatable bonds is 8. The first kappa shape index (κ1) is 25.6. The van der Waals surface area contributed by atoms with E-state index >= 15 is 0 Å². The molecule has 2 saturated heterocycles. The molecule has 2 saturated carbocycles. The second kappa shape index (κ2) is 9.18. The van der Waals surface area contributed by atoms with Gasteiger partial charge in [0.1, 0.15) is 23.0 Å². The van der Waals surface area contributed by atoms with Gasteiger partial charge in [-0.1, -0.05) is 17.3 Å². The fourth-order valence-electron chi connectivity index (χ4n) is 7.13. The van der Waals surface area contributed by atoms with Crippen LogP contribution in [-0.4, -0.2) is 55.4 Å². The zero-order valence-electron chi connectivity index (χ0n) is 22.2. The number of carbonyl (C=O) groups is 1. The average molecular weight is 582 g/mol. The van der Waals surface area contributed by atoms with Crippen LogP contribution in [0.4, 0.5) is 19.0 Å². The number of anilines is 1. The van der Waals surface area contributed by atoms with E-state index in [9.17, 15) is 23.1 Å². The van der Waals surface area contributed by atoms with Crippen molar-refractivity contribution in [2.75, 3.05) is 4.90 Å². The summed E-state index contributed by atoms with van der Waals surface area (Å²) in [4.78, 5) is 18.1. The molecule has 13 heteroatoms. The van der Waals surface area contributed by atoms with Crippen molar-refractivity contribution in [2.24, 2.45) is 11.8 Å². The van der Waals surface area contributed by atoms with Gasteiger partial charge in [-0.25, -0.2) is 14.3 Å². The molecule has 2 bridgehead atoms. The first-order valence-electron chi connectivity index (χ1n) is 14.1. The van der Waals surface area contributed by atoms with Crippen LogP contribution in [-0.2, 0) is 11.3 Å². The largest absolute Gasteiger partial charge is 0.573 e. The molecule has 8 rings (SSSR count). The second-order valence-electron chi connectivity index (χ2n) is 11.6. The molecule has 2 aliphatic heterocycles. The number of aromatic nitrogens is 4. The van der Waals surface area contributed by atoms with Crippen LogP contribution in [0.3, 0.4) is 0 Å². The number of hydrogen-bond donors (Lipinski definition) is 1. The number of hydrogen-bond acceptors (Lipinski definition) is 8. The number of carboxylic acid groups (broad SMARTS) is 1. The molecule has 5 atom stereocenters. The van der Waals surface area contributed by atoms with E-state index in [4.69, 9.17) is 9.26 Å². The summed E-state index contributed by atoms with van der Waals surface area (Å²) in [5.74, 6) is 0.812. The number of aromatic carboxylic acids is 1. The number of ether oxygens (including phenoxy) is 2. The van der Waals surface area contributed by atoms with Crippen molar-refractivity contribution in [2.45, 2.75) is 69.2 Å². The van der Waals surface area contributed by atoms with Crippen molar-refractivity contribution in [3.05, 3.63) is 59.6 Å².